The number of aromatic nitrogens is 2. The van der Waals surface area contributed by atoms with Gasteiger partial charge in [-0.2, -0.15) is 0 Å². The number of methoxy groups -OCH3 is 1. The van der Waals surface area contributed by atoms with E-state index in [9.17, 15) is 24.8 Å². The number of nitro groups is 1. The number of imidazole rings is 1. The Labute approximate surface area is 205 Å². The molecule has 11 heteroatoms. The number of nitro benzene ring substituents is 1. The highest BCUT2D eigenvalue weighted by atomic mass is 35.5. The van der Waals surface area contributed by atoms with Crippen molar-refractivity contribution < 1.29 is 28.9 Å². The van der Waals surface area contributed by atoms with Crippen LogP contribution < -0.4 is 14.4 Å². The molecular weight excluding hydrogens is 476 g/mol. The molecule has 1 aliphatic heterocycles. The molecule has 1 unspecified atom stereocenters. The number of amides is 1. The number of halogens is 1. The number of ether oxygens (including phenoxy) is 1. The average molecular weight is 497 g/mol. The molecule has 0 radical (unpaired) electrons. The fourth-order valence-electron chi connectivity index (χ4n) is 4.10. The van der Waals surface area contributed by atoms with Gasteiger partial charge in [0.05, 0.1) is 29.6 Å². The van der Waals surface area contributed by atoms with Crippen LogP contribution >= 0.6 is 11.6 Å². The fraction of sp³-hybridized carbons (Fsp3) is 0.208. The van der Waals surface area contributed by atoms with Crippen molar-refractivity contribution in [3.63, 3.8) is 0 Å². The standard InChI is InChI=1S/C24H21ClN4O6/c1-35-19-7-6-16(13-18(19)25)22(30)20-21(15-4-2-5-17(12-15)29(33)34)28(24(32)23(20)31)10-3-9-27-11-8-26-14-27/h2,4-8,11-14,21H,3,9-10H2,1H3,(H,30,31). The van der Waals surface area contributed by atoms with E-state index in [2.05, 4.69) is 4.98 Å². The summed E-state index contributed by atoms with van der Waals surface area (Å²) < 4.78 is 6.99. The van der Waals surface area contributed by atoms with Gasteiger partial charge >= 0.3 is 0 Å². The largest absolute Gasteiger partial charge is 0.872 e. The van der Waals surface area contributed by atoms with Gasteiger partial charge in [0.2, 0.25) is 12.1 Å². The summed E-state index contributed by atoms with van der Waals surface area (Å²) >= 11 is 6.17. The molecule has 180 valence electrons. The Morgan fingerprint density at radius 2 is 2.06 bits per heavy atom. The van der Waals surface area contributed by atoms with E-state index in [0.29, 0.717) is 24.3 Å². The van der Waals surface area contributed by atoms with Gasteiger partial charge in [-0.25, -0.2) is 4.57 Å². The molecule has 10 nitrogen and oxygen atoms in total. The molecule has 1 aromatic heterocycles. The molecule has 0 saturated carbocycles. The van der Waals surface area contributed by atoms with E-state index in [1.807, 2.05) is 10.8 Å². The van der Waals surface area contributed by atoms with Crippen LogP contribution in [0.4, 0.5) is 5.69 Å². The van der Waals surface area contributed by atoms with Crippen molar-refractivity contribution in [1.82, 2.24) is 9.88 Å². The van der Waals surface area contributed by atoms with Crippen LogP contribution in [0.3, 0.4) is 0 Å². The van der Waals surface area contributed by atoms with Crippen LogP contribution in [-0.2, 0) is 16.1 Å². The fourth-order valence-corrected chi connectivity index (χ4v) is 4.36. The highest BCUT2D eigenvalue weighted by Gasteiger charge is 2.44. The van der Waals surface area contributed by atoms with E-state index in [4.69, 9.17) is 16.3 Å². The first kappa shape index (κ1) is 24.0. The first-order valence-corrected chi connectivity index (χ1v) is 11.1. The topological polar surface area (TPSA) is 132 Å². The number of non-ortho nitro benzene ring substituents is 1. The second kappa shape index (κ2) is 9.98. The maximum atomic E-state index is 13.5. The molecule has 1 amide bonds. The third-order valence-corrected chi connectivity index (χ3v) is 6.05. The number of hydrogen-bond donors (Lipinski definition) is 1. The Bertz CT molecular complexity index is 1320. The minimum atomic E-state index is -1.07. The van der Waals surface area contributed by atoms with Crippen molar-refractivity contribution in [3.05, 3.63) is 93.0 Å². The zero-order valence-corrected chi connectivity index (χ0v) is 19.4. The van der Waals surface area contributed by atoms with E-state index >= 15 is 0 Å². The quantitative estimate of drug-likeness (QED) is 0.127. The first-order valence-electron chi connectivity index (χ1n) is 10.7. The Morgan fingerprint density at radius 1 is 1.26 bits per heavy atom. The number of benzene rings is 2. The van der Waals surface area contributed by atoms with Gasteiger partial charge in [0.25, 0.3) is 11.6 Å². The minimum Gasteiger partial charge on any atom is -0.872 e. The summed E-state index contributed by atoms with van der Waals surface area (Å²) in [5.41, 5.74) is -0.0785. The van der Waals surface area contributed by atoms with E-state index in [-0.39, 0.29) is 28.4 Å². The first-order chi connectivity index (χ1) is 16.8. The Hall–Kier alpha value is -4.18. The second-order valence-corrected chi connectivity index (χ2v) is 8.28. The summed E-state index contributed by atoms with van der Waals surface area (Å²) in [4.78, 5) is 41.1. The van der Waals surface area contributed by atoms with E-state index in [1.54, 1.807) is 18.6 Å². The van der Waals surface area contributed by atoms with E-state index < -0.39 is 28.4 Å². The minimum absolute atomic E-state index is 0.104. The summed E-state index contributed by atoms with van der Waals surface area (Å²) in [6.45, 7) is 0.719. The summed E-state index contributed by atoms with van der Waals surface area (Å²) in [6.07, 6.45) is 5.82. The van der Waals surface area contributed by atoms with Gasteiger partial charge in [-0.3, -0.25) is 24.7 Å². The molecule has 0 aliphatic carbocycles. The number of likely N-dealkylation sites (tertiary alicyclic amines) is 1. The lowest BCUT2D eigenvalue weighted by atomic mass is 9.95. The monoisotopic (exact) mass is 496 g/mol. The molecule has 4 rings (SSSR count). The molecule has 2 heterocycles. The molecule has 1 aliphatic rings. The molecule has 2 aromatic carbocycles. The van der Waals surface area contributed by atoms with Crippen molar-refractivity contribution in [2.24, 2.45) is 0 Å². The van der Waals surface area contributed by atoms with Crippen molar-refractivity contribution in [3.8, 4) is 5.75 Å². The summed E-state index contributed by atoms with van der Waals surface area (Å²) in [6, 6.07) is 8.84. The lowest BCUT2D eigenvalue weighted by molar-refractivity contribution is -0.695. The smallest absolute Gasteiger partial charge is 0.295 e. The number of rotatable bonds is 8. The van der Waals surface area contributed by atoms with Crippen molar-refractivity contribution >= 4 is 34.7 Å². The molecule has 1 atom stereocenters. The van der Waals surface area contributed by atoms with Gasteiger partial charge in [0.15, 0.2) is 0 Å². The number of aromatic amines is 1. The van der Waals surface area contributed by atoms with Gasteiger partial charge in [-0.15, -0.1) is 0 Å². The van der Waals surface area contributed by atoms with Crippen LogP contribution in [0, 0.1) is 10.1 Å². The Morgan fingerprint density at radius 3 is 2.71 bits per heavy atom. The number of ketones is 1. The number of H-pyrrole nitrogens is 1. The van der Waals surface area contributed by atoms with Crippen LogP contribution in [0.5, 0.6) is 5.75 Å². The van der Waals surface area contributed by atoms with Crippen LogP contribution in [0.1, 0.15) is 23.6 Å². The number of Topliss-reactive ketones (excluding diaryl/α,β-unsaturated/α-hetero) is 1. The maximum Gasteiger partial charge on any atom is 0.295 e. The van der Waals surface area contributed by atoms with Crippen LogP contribution in [-0.4, -0.2) is 40.2 Å². The molecule has 3 aromatic rings. The Kier molecular flexibility index (Phi) is 6.83. The number of nitrogens with zero attached hydrogens (tertiary/aromatic N) is 3. The molecular formula is C24H21ClN4O6. The lowest BCUT2D eigenvalue weighted by Gasteiger charge is -2.27. The molecule has 0 bridgehead atoms. The maximum absolute atomic E-state index is 13.5. The average Bonchev–Trinajstić information content (AvgIpc) is 3.46. The summed E-state index contributed by atoms with van der Waals surface area (Å²) in [7, 11) is 1.43. The normalized spacial score (nSPS) is 17.1. The highest BCUT2D eigenvalue weighted by molar-refractivity contribution is 6.46. The van der Waals surface area contributed by atoms with Crippen molar-refractivity contribution in [1.29, 1.82) is 0 Å². The van der Waals surface area contributed by atoms with Crippen LogP contribution in [0.15, 0.2) is 66.8 Å². The molecule has 0 spiro atoms. The number of carbonyl (C=O) groups is 2. The molecule has 1 N–H and O–H groups in total. The second-order valence-electron chi connectivity index (χ2n) is 7.88. The number of hydrogen-bond acceptors (Lipinski definition) is 6. The van der Waals surface area contributed by atoms with Crippen LogP contribution in [0.2, 0.25) is 5.02 Å². The zero-order chi connectivity index (χ0) is 25.1. The van der Waals surface area contributed by atoms with Gasteiger partial charge in [-0.05, 0) is 23.3 Å². The van der Waals surface area contributed by atoms with Gasteiger partial charge in [0, 0.05) is 30.7 Å². The number of nitrogens with one attached hydrogen (secondary N) is 1. The van der Waals surface area contributed by atoms with E-state index in [0.717, 1.165) is 0 Å². The highest BCUT2D eigenvalue weighted by Crippen LogP contribution is 2.40. The molecule has 35 heavy (non-hydrogen) atoms. The predicted octanol–water partition coefficient (Wildman–Crippen LogP) is 2.19. The van der Waals surface area contributed by atoms with Crippen molar-refractivity contribution in [2.45, 2.75) is 19.0 Å². The predicted molar refractivity (Wildman–Crippen MR) is 123 cm³/mol. The summed E-state index contributed by atoms with van der Waals surface area (Å²) in [5, 5.41) is 25.0. The molecule has 1 fully saturated rings. The van der Waals surface area contributed by atoms with Gasteiger partial charge in [0.1, 0.15) is 18.1 Å². The van der Waals surface area contributed by atoms with E-state index in [1.165, 1.54) is 48.4 Å². The Balaban J connectivity index is 1.78. The zero-order valence-electron chi connectivity index (χ0n) is 18.6. The third kappa shape index (κ3) is 4.73. The van der Waals surface area contributed by atoms with Crippen LogP contribution in [0.25, 0.3) is 5.76 Å². The van der Waals surface area contributed by atoms with Gasteiger partial charge < -0.3 is 14.7 Å². The van der Waals surface area contributed by atoms with Gasteiger partial charge in [-0.1, -0.05) is 35.6 Å². The number of carbonyl (C=O) groups excluding carboxylic acids is 2. The van der Waals surface area contributed by atoms with Crippen molar-refractivity contribution in [2.75, 3.05) is 13.7 Å². The number of aryl methyl sites for hydroxylation is 1. The molecule has 1 saturated heterocycles. The SMILES string of the molecule is COc1ccc(C([O-])=C2C(=O)C(=O)N(CCC[n+]3cc[nH]c3)C2c2cccc([N+](=O)[O-])c2)cc1Cl. The summed E-state index contributed by atoms with van der Waals surface area (Å²) in [5.74, 6) is -2.09. The lowest BCUT2D eigenvalue weighted by Crippen LogP contribution is -2.36. The third-order valence-electron chi connectivity index (χ3n) is 5.76.